The van der Waals surface area contributed by atoms with E-state index in [2.05, 4.69) is 25.3 Å². The van der Waals surface area contributed by atoms with Gasteiger partial charge >= 0.3 is 12.1 Å². The van der Waals surface area contributed by atoms with Crippen LogP contribution in [0.2, 0.25) is 5.02 Å². The third-order valence-electron chi connectivity index (χ3n) is 4.66. The van der Waals surface area contributed by atoms with Gasteiger partial charge in [-0.15, -0.1) is 0 Å². The number of anilines is 1. The molecule has 0 aliphatic heterocycles. The molecule has 0 radical (unpaired) electrons. The van der Waals surface area contributed by atoms with Crippen molar-refractivity contribution in [1.82, 2.24) is 19.9 Å². The van der Waals surface area contributed by atoms with E-state index in [1.807, 2.05) is 0 Å². The number of ether oxygens (including phenoxy) is 1. The number of aromatic nitrogens is 4. The van der Waals surface area contributed by atoms with Crippen LogP contribution in [0.5, 0.6) is 0 Å². The Morgan fingerprint density at radius 3 is 2.79 bits per heavy atom. The number of alkyl halides is 3. The Bertz CT molecular complexity index is 1340. The summed E-state index contributed by atoms with van der Waals surface area (Å²) >= 11 is 5.95. The molecular formula is C21H15ClF3N5O3. The molecule has 0 saturated heterocycles. The van der Waals surface area contributed by atoms with Crippen molar-refractivity contribution in [1.29, 1.82) is 0 Å². The molecule has 0 aliphatic carbocycles. The molecule has 0 fully saturated rings. The maximum absolute atomic E-state index is 12.8. The predicted octanol–water partition coefficient (Wildman–Crippen LogP) is 4.23. The number of fused-ring (bicyclic) bond motifs is 1. The Morgan fingerprint density at radius 2 is 2.06 bits per heavy atom. The SMILES string of the molecule is O=C(OC(CNc1cc[nH]c(=O)c1-c1nc2cnccc2[nH]1)c1cccc(Cl)c1)C(F)(F)F. The van der Waals surface area contributed by atoms with Gasteiger partial charge in [0.1, 0.15) is 23.0 Å². The number of halogens is 4. The van der Waals surface area contributed by atoms with Crippen LogP contribution in [-0.4, -0.2) is 38.6 Å². The van der Waals surface area contributed by atoms with Crippen molar-refractivity contribution in [2.75, 3.05) is 11.9 Å². The Labute approximate surface area is 188 Å². The number of rotatable bonds is 6. The Hall–Kier alpha value is -3.86. The smallest absolute Gasteiger partial charge is 0.449 e. The van der Waals surface area contributed by atoms with Crippen LogP contribution in [0.25, 0.3) is 22.4 Å². The van der Waals surface area contributed by atoms with E-state index in [4.69, 9.17) is 16.3 Å². The lowest BCUT2D eigenvalue weighted by Crippen LogP contribution is -2.29. The van der Waals surface area contributed by atoms with E-state index in [1.54, 1.807) is 12.3 Å². The molecule has 0 spiro atoms. The zero-order chi connectivity index (χ0) is 23.6. The highest BCUT2D eigenvalue weighted by Gasteiger charge is 2.42. The lowest BCUT2D eigenvalue weighted by atomic mass is 10.1. The molecule has 4 rings (SSSR count). The molecule has 0 amide bonds. The third-order valence-corrected chi connectivity index (χ3v) is 4.90. The molecule has 0 saturated carbocycles. The van der Waals surface area contributed by atoms with Gasteiger partial charge in [-0.1, -0.05) is 23.7 Å². The number of nitrogens with one attached hydrogen (secondary N) is 3. The minimum absolute atomic E-state index is 0.126. The van der Waals surface area contributed by atoms with Gasteiger partial charge in [-0.3, -0.25) is 9.78 Å². The maximum atomic E-state index is 12.8. The quantitative estimate of drug-likeness (QED) is 0.358. The summed E-state index contributed by atoms with van der Waals surface area (Å²) in [6.45, 7) is -0.277. The van der Waals surface area contributed by atoms with Crippen molar-refractivity contribution in [2.24, 2.45) is 0 Å². The summed E-state index contributed by atoms with van der Waals surface area (Å²) in [5.41, 5.74) is 1.32. The molecule has 1 unspecified atom stereocenters. The van der Waals surface area contributed by atoms with Crippen LogP contribution in [0.3, 0.4) is 0 Å². The molecule has 8 nitrogen and oxygen atoms in total. The van der Waals surface area contributed by atoms with Crippen molar-refractivity contribution in [3.8, 4) is 11.4 Å². The van der Waals surface area contributed by atoms with Crippen LogP contribution < -0.4 is 10.9 Å². The van der Waals surface area contributed by atoms with E-state index in [0.29, 0.717) is 11.0 Å². The van der Waals surface area contributed by atoms with E-state index >= 15 is 0 Å². The van der Waals surface area contributed by atoms with Gasteiger partial charge in [0.05, 0.1) is 23.9 Å². The van der Waals surface area contributed by atoms with Crippen LogP contribution in [0.4, 0.5) is 18.9 Å². The molecule has 0 bridgehead atoms. The highest BCUT2D eigenvalue weighted by molar-refractivity contribution is 6.30. The van der Waals surface area contributed by atoms with Crippen molar-refractivity contribution in [2.45, 2.75) is 12.3 Å². The van der Waals surface area contributed by atoms with Crippen molar-refractivity contribution < 1.29 is 22.7 Å². The predicted molar refractivity (Wildman–Crippen MR) is 115 cm³/mol. The summed E-state index contributed by atoms with van der Waals surface area (Å²) in [7, 11) is 0. The first kappa shape index (κ1) is 22.3. The zero-order valence-electron chi connectivity index (χ0n) is 16.6. The van der Waals surface area contributed by atoms with Gasteiger partial charge in [0.2, 0.25) is 0 Å². The monoisotopic (exact) mass is 477 g/mol. The van der Waals surface area contributed by atoms with Gasteiger partial charge in [-0.2, -0.15) is 13.2 Å². The van der Waals surface area contributed by atoms with Gasteiger partial charge < -0.3 is 20.0 Å². The molecule has 0 aliphatic rings. The summed E-state index contributed by atoms with van der Waals surface area (Å²) in [5, 5.41) is 3.15. The van der Waals surface area contributed by atoms with E-state index in [-0.39, 0.29) is 34.2 Å². The molecule has 3 heterocycles. The second-order valence-electron chi connectivity index (χ2n) is 6.90. The first-order chi connectivity index (χ1) is 15.7. The highest BCUT2D eigenvalue weighted by Crippen LogP contribution is 2.28. The van der Waals surface area contributed by atoms with Gasteiger partial charge in [0, 0.05) is 17.4 Å². The normalized spacial score (nSPS) is 12.5. The summed E-state index contributed by atoms with van der Waals surface area (Å²) in [6.07, 6.45) is -2.07. The number of H-pyrrole nitrogens is 2. The van der Waals surface area contributed by atoms with Crippen molar-refractivity contribution in [3.05, 3.63) is 75.9 Å². The average Bonchev–Trinajstić information content (AvgIpc) is 3.19. The van der Waals surface area contributed by atoms with Crippen molar-refractivity contribution in [3.63, 3.8) is 0 Å². The summed E-state index contributed by atoms with van der Waals surface area (Å²) in [6, 6.07) is 9.12. The number of benzene rings is 1. The van der Waals surface area contributed by atoms with Crippen LogP contribution in [0.1, 0.15) is 11.7 Å². The zero-order valence-corrected chi connectivity index (χ0v) is 17.4. The molecule has 1 aromatic carbocycles. The van der Waals surface area contributed by atoms with Gasteiger partial charge in [-0.05, 0) is 29.8 Å². The molecule has 33 heavy (non-hydrogen) atoms. The number of carbonyl (C=O) groups excluding carboxylic acids is 1. The Morgan fingerprint density at radius 1 is 1.24 bits per heavy atom. The number of hydrogen-bond acceptors (Lipinski definition) is 6. The fraction of sp³-hybridized carbons (Fsp3) is 0.143. The molecule has 12 heteroatoms. The maximum Gasteiger partial charge on any atom is 0.490 e. The van der Waals surface area contributed by atoms with Crippen LogP contribution in [-0.2, 0) is 9.53 Å². The standard InChI is InChI=1S/C21H15ClF3N5O3/c22-12-3-1-2-11(8-12)16(33-20(32)21(23,24)25)10-28-14-5-7-27-19(31)17(14)18-29-13-4-6-26-9-15(13)30-18/h1-9,16H,10H2,(H,29,30)(H2,27,28,31). The minimum atomic E-state index is -5.17. The van der Waals surface area contributed by atoms with Crippen molar-refractivity contribution >= 4 is 34.3 Å². The van der Waals surface area contributed by atoms with E-state index < -0.39 is 23.8 Å². The number of pyridine rings is 2. The number of hydrogen-bond donors (Lipinski definition) is 3. The fourth-order valence-electron chi connectivity index (χ4n) is 3.17. The van der Waals surface area contributed by atoms with Gasteiger partial charge in [0.15, 0.2) is 0 Å². The number of esters is 1. The van der Waals surface area contributed by atoms with E-state index in [1.165, 1.54) is 42.7 Å². The number of aromatic amines is 2. The lowest BCUT2D eigenvalue weighted by molar-refractivity contribution is -0.204. The molecule has 3 aromatic heterocycles. The second kappa shape index (κ2) is 8.94. The number of nitrogens with zero attached hydrogens (tertiary/aromatic N) is 2. The lowest BCUT2D eigenvalue weighted by Gasteiger charge is -2.21. The van der Waals surface area contributed by atoms with Crippen LogP contribution in [0.15, 0.2) is 59.8 Å². The molecule has 1 atom stereocenters. The summed E-state index contributed by atoms with van der Waals surface area (Å²) in [5.74, 6) is -2.11. The van der Waals surface area contributed by atoms with Gasteiger partial charge in [-0.25, -0.2) is 9.78 Å². The minimum Gasteiger partial charge on any atom is -0.449 e. The largest absolute Gasteiger partial charge is 0.490 e. The Balaban J connectivity index is 1.66. The van der Waals surface area contributed by atoms with E-state index in [9.17, 15) is 22.8 Å². The second-order valence-corrected chi connectivity index (χ2v) is 7.34. The summed E-state index contributed by atoms with van der Waals surface area (Å²) < 4.78 is 43.2. The molecule has 4 aromatic rings. The molecule has 170 valence electrons. The Kier molecular flexibility index (Phi) is 6.05. The van der Waals surface area contributed by atoms with Gasteiger partial charge in [0.25, 0.3) is 5.56 Å². The molecule has 3 N–H and O–H groups in total. The average molecular weight is 478 g/mol. The third kappa shape index (κ3) is 4.98. The first-order valence-corrected chi connectivity index (χ1v) is 9.89. The van der Waals surface area contributed by atoms with Crippen LogP contribution >= 0.6 is 11.6 Å². The number of carbonyl (C=O) groups is 1. The topological polar surface area (TPSA) is 113 Å². The first-order valence-electron chi connectivity index (χ1n) is 9.51. The van der Waals surface area contributed by atoms with E-state index in [0.717, 1.165) is 0 Å². The highest BCUT2D eigenvalue weighted by atomic mass is 35.5. The fourth-order valence-corrected chi connectivity index (χ4v) is 3.37. The molecular weight excluding hydrogens is 463 g/mol. The van der Waals surface area contributed by atoms with Crippen LogP contribution in [0, 0.1) is 0 Å². The number of imidazole rings is 1. The summed E-state index contributed by atoms with van der Waals surface area (Å²) in [4.78, 5) is 37.9.